The third kappa shape index (κ3) is 4.85. The molecule has 0 spiro atoms. The van der Waals surface area contributed by atoms with E-state index in [9.17, 15) is 4.79 Å². The summed E-state index contributed by atoms with van der Waals surface area (Å²) in [6.45, 7) is 2.31. The molecule has 9 heteroatoms. The summed E-state index contributed by atoms with van der Waals surface area (Å²) in [5, 5.41) is 10.3. The second kappa shape index (κ2) is 9.81. The number of carbonyl (C=O) groups is 1. The molecule has 0 aliphatic heterocycles. The van der Waals surface area contributed by atoms with Crippen LogP contribution in [-0.4, -0.2) is 38.4 Å². The van der Waals surface area contributed by atoms with Gasteiger partial charge in [-0.05, 0) is 42.8 Å². The fourth-order valence-corrected chi connectivity index (χ4v) is 4.41. The van der Waals surface area contributed by atoms with Crippen LogP contribution in [0.5, 0.6) is 0 Å². The van der Waals surface area contributed by atoms with Gasteiger partial charge in [-0.2, -0.15) is 0 Å². The van der Waals surface area contributed by atoms with Crippen LogP contribution in [-0.2, 0) is 11.3 Å². The van der Waals surface area contributed by atoms with Crippen molar-refractivity contribution in [3.05, 3.63) is 82.2 Å². The maximum absolute atomic E-state index is 12.8. The van der Waals surface area contributed by atoms with Crippen molar-refractivity contribution in [3.8, 4) is 17.1 Å². The number of hydrogen-bond acceptors (Lipinski definition) is 5. The molecule has 0 unspecified atom stereocenters. The molecule has 4 rings (SSSR count). The highest BCUT2D eigenvalue weighted by molar-refractivity contribution is 7.99. The first-order valence-electron chi connectivity index (χ1n) is 9.80. The standard InChI is InChI=1S/C23H20Cl2N4O2S/c1-15-18(10-11-31-15)22-26-27-23(29(22)17-6-4-3-5-7-17)32-14-21(30)28(2)13-16-8-9-19(24)20(25)12-16/h3-12H,13-14H2,1-2H3. The lowest BCUT2D eigenvalue weighted by atomic mass is 10.2. The second-order valence-corrected chi connectivity index (χ2v) is 8.91. The normalized spacial score (nSPS) is 11.0. The monoisotopic (exact) mass is 486 g/mol. The molecule has 0 bridgehead atoms. The van der Waals surface area contributed by atoms with E-state index in [-0.39, 0.29) is 11.7 Å². The van der Waals surface area contributed by atoms with Gasteiger partial charge in [-0.3, -0.25) is 9.36 Å². The lowest BCUT2D eigenvalue weighted by Crippen LogP contribution is -2.27. The second-order valence-electron chi connectivity index (χ2n) is 7.15. The minimum Gasteiger partial charge on any atom is -0.469 e. The minimum absolute atomic E-state index is 0.0373. The first kappa shape index (κ1) is 22.5. The Morgan fingerprint density at radius 3 is 2.56 bits per heavy atom. The van der Waals surface area contributed by atoms with Crippen LogP contribution in [0, 0.1) is 6.92 Å². The molecular weight excluding hydrogens is 467 g/mol. The Hall–Kier alpha value is -2.74. The number of aromatic nitrogens is 3. The number of halogens is 2. The smallest absolute Gasteiger partial charge is 0.233 e. The topological polar surface area (TPSA) is 64.2 Å². The SMILES string of the molecule is Cc1occc1-c1nnc(SCC(=O)N(C)Cc2ccc(Cl)c(Cl)c2)n1-c1ccccc1. The van der Waals surface area contributed by atoms with Gasteiger partial charge in [0, 0.05) is 19.3 Å². The maximum atomic E-state index is 12.8. The van der Waals surface area contributed by atoms with Gasteiger partial charge in [0.05, 0.1) is 27.6 Å². The number of thioether (sulfide) groups is 1. The molecule has 2 aromatic carbocycles. The lowest BCUT2D eigenvalue weighted by molar-refractivity contribution is -0.127. The summed E-state index contributed by atoms with van der Waals surface area (Å²) in [7, 11) is 1.76. The Balaban J connectivity index is 1.53. The summed E-state index contributed by atoms with van der Waals surface area (Å²) in [6.07, 6.45) is 1.63. The van der Waals surface area contributed by atoms with E-state index in [2.05, 4.69) is 10.2 Å². The quantitative estimate of drug-likeness (QED) is 0.304. The molecule has 0 atom stereocenters. The number of benzene rings is 2. The van der Waals surface area contributed by atoms with Crippen LogP contribution in [0.1, 0.15) is 11.3 Å². The number of aryl methyl sites for hydroxylation is 1. The summed E-state index contributed by atoms with van der Waals surface area (Å²) in [4.78, 5) is 14.4. The summed E-state index contributed by atoms with van der Waals surface area (Å²) in [5.74, 6) is 1.60. The van der Waals surface area contributed by atoms with Crippen molar-refractivity contribution in [2.24, 2.45) is 0 Å². The zero-order chi connectivity index (χ0) is 22.7. The Bertz CT molecular complexity index is 1240. The number of amides is 1. The van der Waals surface area contributed by atoms with Crippen molar-refractivity contribution in [1.82, 2.24) is 19.7 Å². The fourth-order valence-electron chi connectivity index (χ4n) is 3.20. The third-order valence-corrected chi connectivity index (χ3v) is 6.55. The van der Waals surface area contributed by atoms with Crippen molar-refractivity contribution in [2.75, 3.05) is 12.8 Å². The predicted molar refractivity (Wildman–Crippen MR) is 127 cm³/mol. The Morgan fingerprint density at radius 1 is 1.09 bits per heavy atom. The molecule has 0 aliphatic carbocycles. The molecule has 0 radical (unpaired) electrons. The number of hydrogen-bond donors (Lipinski definition) is 0. The van der Waals surface area contributed by atoms with Crippen molar-refractivity contribution in [2.45, 2.75) is 18.6 Å². The molecule has 0 saturated carbocycles. The van der Waals surface area contributed by atoms with E-state index in [1.54, 1.807) is 30.3 Å². The average Bonchev–Trinajstić information content (AvgIpc) is 3.40. The first-order valence-corrected chi connectivity index (χ1v) is 11.5. The minimum atomic E-state index is -0.0373. The first-order chi connectivity index (χ1) is 15.4. The molecule has 164 valence electrons. The molecule has 2 aromatic heterocycles. The van der Waals surface area contributed by atoms with Crippen LogP contribution in [0.2, 0.25) is 10.0 Å². The molecule has 4 aromatic rings. The van der Waals surface area contributed by atoms with Gasteiger partial charge in [-0.1, -0.05) is 59.2 Å². The molecule has 32 heavy (non-hydrogen) atoms. The summed E-state index contributed by atoms with van der Waals surface area (Å²) < 4.78 is 7.39. The number of carbonyl (C=O) groups excluding carboxylic acids is 1. The van der Waals surface area contributed by atoms with Crippen LogP contribution in [0.25, 0.3) is 17.1 Å². The molecule has 0 saturated heterocycles. The molecule has 6 nitrogen and oxygen atoms in total. The lowest BCUT2D eigenvalue weighted by Gasteiger charge is -2.17. The van der Waals surface area contributed by atoms with Gasteiger partial charge in [-0.15, -0.1) is 10.2 Å². The van der Waals surface area contributed by atoms with Crippen LogP contribution >= 0.6 is 35.0 Å². The molecule has 0 N–H and O–H groups in total. The van der Waals surface area contributed by atoms with Gasteiger partial charge in [0.15, 0.2) is 11.0 Å². The van der Waals surface area contributed by atoms with Crippen LogP contribution in [0.4, 0.5) is 0 Å². The van der Waals surface area contributed by atoms with Gasteiger partial charge >= 0.3 is 0 Å². The zero-order valence-electron chi connectivity index (χ0n) is 17.5. The number of furan rings is 1. The van der Waals surface area contributed by atoms with Crippen LogP contribution < -0.4 is 0 Å². The average molecular weight is 487 g/mol. The highest BCUT2D eigenvalue weighted by Gasteiger charge is 2.20. The van der Waals surface area contributed by atoms with Gasteiger partial charge in [0.25, 0.3) is 0 Å². The van der Waals surface area contributed by atoms with Gasteiger partial charge in [0.1, 0.15) is 5.76 Å². The van der Waals surface area contributed by atoms with Crippen molar-refractivity contribution in [3.63, 3.8) is 0 Å². The molecule has 0 aliphatic rings. The van der Waals surface area contributed by atoms with Crippen molar-refractivity contribution < 1.29 is 9.21 Å². The Kier molecular flexibility index (Phi) is 6.89. The Morgan fingerprint density at radius 2 is 1.88 bits per heavy atom. The highest BCUT2D eigenvalue weighted by atomic mass is 35.5. The zero-order valence-corrected chi connectivity index (χ0v) is 19.8. The van der Waals surface area contributed by atoms with Crippen molar-refractivity contribution in [1.29, 1.82) is 0 Å². The van der Waals surface area contributed by atoms with Gasteiger partial charge in [0.2, 0.25) is 5.91 Å². The number of para-hydroxylation sites is 1. The number of rotatable bonds is 7. The molecule has 0 fully saturated rings. The summed E-state index contributed by atoms with van der Waals surface area (Å²) >= 11 is 13.4. The van der Waals surface area contributed by atoms with E-state index in [4.69, 9.17) is 27.6 Å². The van der Waals surface area contributed by atoms with Crippen LogP contribution in [0.3, 0.4) is 0 Å². The molecular formula is C23H20Cl2N4O2S. The van der Waals surface area contributed by atoms with E-state index in [1.165, 1.54) is 11.8 Å². The van der Waals surface area contributed by atoms with E-state index < -0.39 is 0 Å². The van der Waals surface area contributed by atoms with E-state index in [0.717, 1.165) is 22.6 Å². The number of nitrogens with zero attached hydrogens (tertiary/aromatic N) is 4. The largest absolute Gasteiger partial charge is 0.469 e. The molecule has 1 amide bonds. The maximum Gasteiger partial charge on any atom is 0.233 e. The van der Waals surface area contributed by atoms with Crippen molar-refractivity contribution >= 4 is 40.9 Å². The van der Waals surface area contributed by atoms with E-state index in [1.807, 2.05) is 54.0 Å². The molecule has 2 heterocycles. The van der Waals surface area contributed by atoms with E-state index >= 15 is 0 Å². The van der Waals surface area contributed by atoms with Gasteiger partial charge < -0.3 is 9.32 Å². The van der Waals surface area contributed by atoms with E-state index in [0.29, 0.717) is 27.6 Å². The van der Waals surface area contributed by atoms with Crippen LogP contribution in [0.15, 0.2) is 70.4 Å². The fraction of sp³-hybridized carbons (Fsp3) is 0.174. The highest BCUT2D eigenvalue weighted by Crippen LogP contribution is 2.30. The summed E-state index contributed by atoms with van der Waals surface area (Å²) in [6, 6.07) is 17.0. The predicted octanol–water partition coefficient (Wildman–Crippen LogP) is 5.89. The van der Waals surface area contributed by atoms with Gasteiger partial charge in [-0.25, -0.2) is 0 Å². The summed E-state index contributed by atoms with van der Waals surface area (Å²) in [5.41, 5.74) is 2.67. The third-order valence-electron chi connectivity index (χ3n) is 4.90. The Labute approximate surface area is 200 Å².